The molecule has 0 spiro atoms. The number of para-hydroxylation sites is 1. The summed E-state index contributed by atoms with van der Waals surface area (Å²) in [5.74, 6) is 0.722. The fourth-order valence-electron chi connectivity index (χ4n) is 3.46. The first kappa shape index (κ1) is 23.4. The molecule has 0 bridgehead atoms. The molecule has 0 heterocycles. The lowest BCUT2D eigenvalue weighted by atomic mass is 10.1. The van der Waals surface area contributed by atoms with Crippen LogP contribution in [0.5, 0.6) is 11.5 Å². The van der Waals surface area contributed by atoms with Crippen LogP contribution in [0.1, 0.15) is 24.4 Å². The summed E-state index contributed by atoms with van der Waals surface area (Å²) in [6.07, 6.45) is 0. The van der Waals surface area contributed by atoms with Crippen molar-refractivity contribution in [2.45, 2.75) is 26.9 Å². The molecular weight excluding hydrogens is 611 g/mol. The minimum Gasteiger partial charge on any atom is -0.457 e. The van der Waals surface area contributed by atoms with E-state index in [2.05, 4.69) is 47.8 Å². The van der Waals surface area contributed by atoms with E-state index in [0.717, 1.165) is 11.3 Å². The highest BCUT2D eigenvalue weighted by atomic mass is 79.9. The summed E-state index contributed by atoms with van der Waals surface area (Å²) >= 11 is 22.5. The molecule has 0 radical (unpaired) electrons. The number of carbonyl (C=O) groups excluding carboxylic acids is 1. The number of hydrogen-bond acceptors (Lipinski definition) is 3. The van der Waals surface area contributed by atoms with Gasteiger partial charge in [-0.1, -0.05) is 83.3 Å². The Balaban J connectivity index is 1.67. The number of rotatable bonds is 7. The summed E-state index contributed by atoms with van der Waals surface area (Å²) in [5, 5.41) is -0.596. The van der Waals surface area contributed by atoms with Crippen molar-refractivity contribution in [3.05, 3.63) is 60.2 Å². The Labute approximate surface area is 205 Å². The van der Waals surface area contributed by atoms with E-state index in [1.807, 2.05) is 68.4 Å². The van der Waals surface area contributed by atoms with Crippen molar-refractivity contribution in [2.24, 2.45) is 17.3 Å². The van der Waals surface area contributed by atoms with Gasteiger partial charge in [0, 0.05) is 5.56 Å². The van der Waals surface area contributed by atoms with Gasteiger partial charge >= 0.3 is 5.97 Å². The van der Waals surface area contributed by atoms with E-state index in [0.29, 0.717) is 5.75 Å². The van der Waals surface area contributed by atoms with Gasteiger partial charge in [-0.3, -0.25) is 4.79 Å². The summed E-state index contributed by atoms with van der Waals surface area (Å²) in [6, 6.07) is 16.9. The Morgan fingerprint density at radius 1 is 1.07 bits per heavy atom. The highest BCUT2D eigenvalue weighted by molar-refractivity contribution is 9.13. The van der Waals surface area contributed by atoms with Gasteiger partial charge in [-0.15, -0.1) is 0 Å². The van der Waals surface area contributed by atoms with Gasteiger partial charge in [0.15, 0.2) is 8.26 Å². The molecule has 0 aliphatic heterocycles. The molecule has 1 saturated carbocycles. The van der Waals surface area contributed by atoms with E-state index in [9.17, 15) is 4.79 Å². The maximum Gasteiger partial charge on any atom is 0.311 e. The third-order valence-corrected chi connectivity index (χ3v) is 9.19. The summed E-state index contributed by atoms with van der Waals surface area (Å²) in [6.45, 7) is 4.00. The van der Waals surface area contributed by atoms with Crippen LogP contribution in [0.25, 0.3) is 0 Å². The molecule has 4 atom stereocenters. The highest BCUT2D eigenvalue weighted by Gasteiger charge is 2.67. The Morgan fingerprint density at radius 2 is 1.69 bits per heavy atom. The molecule has 1 aliphatic carbocycles. The molecular formula is C21H19Br3Cl2O3. The molecule has 2 aromatic rings. The second kappa shape index (κ2) is 9.07. The van der Waals surface area contributed by atoms with Crippen LogP contribution in [-0.2, 0) is 9.53 Å². The lowest BCUT2D eigenvalue weighted by molar-refractivity contribution is -0.147. The van der Waals surface area contributed by atoms with Crippen LogP contribution in [0.2, 0.25) is 0 Å². The first-order valence-corrected chi connectivity index (χ1v) is 12.3. The van der Waals surface area contributed by atoms with Crippen molar-refractivity contribution in [1.29, 1.82) is 0 Å². The summed E-state index contributed by atoms with van der Waals surface area (Å²) in [4.78, 5) is 12.5. The topological polar surface area (TPSA) is 35.5 Å². The van der Waals surface area contributed by atoms with Crippen LogP contribution in [0.3, 0.4) is 0 Å². The van der Waals surface area contributed by atoms with Gasteiger partial charge in [-0.2, -0.15) is 0 Å². The molecule has 1 fully saturated rings. The molecule has 156 valence electrons. The van der Waals surface area contributed by atoms with Crippen LogP contribution < -0.4 is 4.74 Å². The Hall–Kier alpha value is -0.270. The van der Waals surface area contributed by atoms with E-state index in [1.165, 1.54) is 0 Å². The van der Waals surface area contributed by atoms with Crippen molar-refractivity contribution in [3.8, 4) is 11.5 Å². The summed E-state index contributed by atoms with van der Waals surface area (Å²) in [7, 11) is 0. The summed E-state index contributed by atoms with van der Waals surface area (Å²) < 4.78 is 10.4. The minimum absolute atomic E-state index is 0.0585. The zero-order chi connectivity index (χ0) is 21.4. The lowest BCUT2D eigenvalue weighted by Crippen LogP contribution is -2.23. The normalized spacial score (nSPS) is 22.4. The second-order valence-electron chi connectivity index (χ2n) is 7.51. The van der Waals surface area contributed by atoms with Gasteiger partial charge in [0.1, 0.15) is 11.5 Å². The monoisotopic (exact) mass is 626 g/mol. The molecule has 3 rings (SSSR count). The first-order valence-electron chi connectivity index (χ1n) is 8.90. The van der Waals surface area contributed by atoms with Gasteiger partial charge in [0.2, 0.25) is 0 Å². The first-order chi connectivity index (χ1) is 13.5. The average Bonchev–Trinajstić information content (AvgIpc) is 3.23. The van der Waals surface area contributed by atoms with Crippen LogP contribution >= 0.6 is 71.0 Å². The molecule has 0 saturated heterocycles. The predicted molar refractivity (Wildman–Crippen MR) is 128 cm³/mol. The van der Waals surface area contributed by atoms with Gasteiger partial charge in [-0.25, -0.2) is 0 Å². The van der Waals surface area contributed by atoms with E-state index in [-0.39, 0.29) is 28.0 Å². The number of hydrogen-bond donors (Lipinski definition) is 0. The SMILES string of the molecule is CC1(C)C(C(=O)OC(Br)c2cccc(Oc3ccccc3)c2)C1C(Br)C(Cl)(Cl)Br. The zero-order valence-corrected chi connectivity index (χ0v) is 21.9. The molecule has 3 nitrogen and oxygen atoms in total. The van der Waals surface area contributed by atoms with Gasteiger partial charge in [0.05, 0.1) is 10.7 Å². The Morgan fingerprint density at radius 3 is 2.31 bits per heavy atom. The van der Waals surface area contributed by atoms with Crippen molar-refractivity contribution in [1.82, 2.24) is 0 Å². The Bertz CT molecular complexity index is 871. The number of benzene rings is 2. The molecule has 1 aliphatic rings. The number of esters is 1. The molecule has 29 heavy (non-hydrogen) atoms. The summed E-state index contributed by atoms with van der Waals surface area (Å²) in [5.41, 5.74) is 0.501. The van der Waals surface area contributed by atoms with E-state index in [1.54, 1.807) is 0 Å². The average molecular weight is 630 g/mol. The number of halogens is 5. The highest BCUT2D eigenvalue weighted by Crippen LogP contribution is 2.65. The largest absolute Gasteiger partial charge is 0.457 e. The zero-order valence-electron chi connectivity index (χ0n) is 15.6. The molecule has 2 aromatic carbocycles. The van der Waals surface area contributed by atoms with Gasteiger partial charge in [-0.05, 0) is 67.5 Å². The third kappa shape index (κ3) is 5.51. The number of alkyl halides is 5. The van der Waals surface area contributed by atoms with Gasteiger partial charge < -0.3 is 9.47 Å². The standard InChI is InChI=1S/C21H19Br3Cl2O3/c1-20(2)15(17(22)21(24,25)26)16(20)19(27)29-18(23)12-7-6-10-14(11-12)28-13-8-4-3-5-9-13/h3-11,15-18H,1-2H3. The quantitative estimate of drug-likeness (QED) is 0.230. The van der Waals surface area contributed by atoms with E-state index >= 15 is 0 Å². The maximum absolute atomic E-state index is 12.8. The lowest BCUT2D eigenvalue weighted by Gasteiger charge is -2.20. The Kier molecular flexibility index (Phi) is 7.32. The molecule has 4 unspecified atom stereocenters. The van der Waals surface area contributed by atoms with Crippen LogP contribution in [-0.4, -0.2) is 14.0 Å². The van der Waals surface area contributed by atoms with Crippen molar-refractivity contribution in [2.75, 3.05) is 0 Å². The van der Waals surface area contributed by atoms with Gasteiger partial charge in [0.25, 0.3) is 0 Å². The fraction of sp³-hybridized carbons (Fsp3) is 0.381. The molecule has 0 N–H and O–H groups in total. The third-order valence-electron chi connectivity index (χ3n) is 5.11. The maximum atomic E-state index is 12.8. The van der Waals surface area contributed by atoms with Crippen molar-refractivity contribution >= 4 is 77.0 Å². The van der Waals surface area contributed by atoms with E-state index < -0.39 is 8.26 Å². The van der Waals surface area contributed by atoms with Crippen LogP contribution in [0.4, 0.5) is 0 Å². The molecule has 0 amide bonds. The number of ether oxygens (including phenoxy) is 2. The minimum atomic E-state index is -1.17. The molecule has 8 heteroatoms. The number of carbonyl (C=O) groups is 1. The smallest absolute Gasteiger partial charge is 0.311 e. The van der Waals surface area contributed by atoms with E-state index in [4.69, 9.17) is 32.7 Å². The predicted octanol–water partition coefficient (Wildman–Crippen LogP) is 7.98. The molecule has 0 aromatic heterocycles. The van der Waals surface area contributed by atoms with Crippen LogP contribution in [0, 0.1) is 17.3 Å². The van der Waals surface area contributed by atoms with Crippen molar-refractivity contribution < 1.29 is 14.3 Å². The fourth-order valence-corrected chi connectivity index (χ4v) is 5.48. The van der Waals surface area contributed by atoms with Crippen LogP contribution in [0.15, 0.2) is 54.6 Å². The van der Waals surface area contributed by atoms with Crippen molar-refractivity contribution in [3.63, 3.8) is 0 Å². The second-order valence-corrected chi connectivity index (χ2v) is 12.9.